The summed E-state index contributed by atoms with van der Waals surface area (Å²) in [5, 5.41) is 3.25. The molecule has 0 amide bonds. The largest absolute Gasteiger partial charge is 0.319 e. The Labute approximate surface area is 76.3 Å². The molecular formula is C10H22N2. The van der Waals surface area contributed by atoms with Crippen LogP contribution in [0.5, 0.6) is 0 Å². The van der Waals surface area contributed by atoms with Crippen LogP contribution in [-0.4, -0.2) is 38.1 Å². The van der Waals surface area contributed by atoms with E-state index in [9.17, 15) is 0 Å². The van der Waals surface area contributed by atoms with Gasteiger partial charge in [0.05, 0.1) is 0 Å². The molecule has 0 aromatic rings. The first-order valence-corrected chi connectivity index (χ1v) is 5.18. The average Bonchev–Trinajstić information content (AvgIpc) is 2.80. The quantitative estimate of drug-likeness (QED) is 0.644. The second-order valence-electron chi connectivity index (χ2n) is 3.80. The Hall–Kier alpha value is -0.0800. The van der Waals surface area contributed by atoms with E-state index in [1.165, 1.54) is 32.6 Å². The number of rotatable bonds is 6. The van der Waals surface area contributed by atoms with Crippen LogP contribution in [0.1, 0.15) is 20.3 Å². The van der Waals surface area contributed by atoms with Crippen LogP contribution < -0.4 is 5.32 Å². The van der Waals surface area contributed by atoms with Crippen LogP contribution in [0.15, 0.2) is 0 Å². The second kappa shape index (κ2) is 4.83. The highest BCUT2D eigenvalue weighted by Crippen LogP contribution is 2.38. The van der Waals surface area contributed by atoms with Gasteiger partial charge in [0, 0.05) is 6.54 Å². The molecule has 1 aliphatic carbocycles. The molecule has 0 aromatic carbocycles. The molecule has 1 aliphatic rings. The lowest BCUT2D eigenvalue weighted by Crippen LogP contribution is -2.26. The molecule has 72 valence electrons. The summed E-state index contributed by atoms with van der Waals surface area (Å²) in [6.45, 7) is 9.45. The highest BCUT2D eigenvalue weighted by molar-refractivity contribution is 4.89. The molecule has 1 N–H and O–H groups in total. The molecule has 0 unspecified atom stereocenters. The van der Waals surface area contributed by atoms with Crippen molar-refractivity contribution in [2.75, 3.05) is 33.2 Å². The minimum absolute atomic E-state index is 0.968. The fourth-order valence-electron chi connectivity index (χ4n) is 1.86. The van der Waals surface area contributed by atoms with Gasteiger partial charge in [0.15, 0.2) is 0 Å². The summed E-state index contributed by atoms with van der Waals surface area (Å²) in [5.41, 5.74) is 0. The lowest BCUT2D eigenvalue weighted by atomic mass is 10.3. The summed E-state index contributed by atoms with van der Waals surface area (Å²) >= 11 is 0. The van der Waals surface area contributed by atoms with Gasteiger partial charge < -0.3 is 10.2 Å². The van der Waals surface area contributed by atoms with Crippen LogP contribution >= 0.6 is 0 Å². The van der Waals surface area contributed by atoms with Gasteiger partial charge in [0.25, 0.3) is 0 Å². The molecule has 0 aliphatic heterocycles. The molecule has 12 heavy (non-hydrogen) atoms. The molecule has 0 spiro atoms. The molecular weight excluding hydrogens is 148 g/mol. The molecule has 0 radical (unpaired) electrons. The van der Waals surface area contributed by atoms with Crippen molar-refractivity contribution in [3.05, 3.63) is 0 Å². The maximum atomic E-state index is 3.25. The van der Waals surface area contributed by atoms with Gasteiger partial charge in [-0.25, -0.2) is 0 Å². The van der Waals surface area contributed by atoms with Gasteiger partial charge in [-0.05, 0) is 44.9 Å². The Morgan fingerprint density at radius 3 is 2.42 bits per heavy atom. The van der Waals surface area contributed by atoms with Crippen molar-refractivity contribution in [1.82, 2.24) is 10.2 Å². The Morgan fingerprint density at radius 2 is 1.92 bits per heavy atom. The molecule has 1 fully saturated rings. The van der Waals surface area contributed by atoms with Crippen molar-refractivity contribution in [1.29, 1.82) is 0 Å². The van der Waals surface area contributed by atoms with E-state index < -0.39 is 0 Å². The fourth-order valence-corrected chi connectivity index (χ4v) is 1.86. The third kappa shape index (κ3) is 2.76. The Balaban J connectivity index is 2.09. The summed E-state index contributed by atoms with van der Waals surface area (Å²) in [5.74, 6) is 1.95. The summed E-state index contributed by atoms with van der Waals surface area (Å²) in [4.78, 5) is 2.53. The van der Waals surface area contributed by atoms with E-state index in [0.717, 1.165) is 11.8 Å². The van der Waals surface area contributed by atoms with E-state index in [0.29, 0.717) is 0 Å². The fraction of sp³-hybridized carbons (Fsp3) is 1.00. The SMILES string of the molecule is CCN(CC)C[C@H]1C[C@H]1CNC. The van der Waals surface area contributed by atoms with Crippen LogP contribution in [0, 0.1) is 11.8 Å². The lowest BCUT2D eigenvalue weighted by Gasteiger charge is -2.17. The monoisotopic (exact) mass is 170 g/mol. The third-order valence-corrected chi connectivity index (χ3v) is 2.92. The molecule has 0 saturated heterocycles. The van der Waals surface area contributed by atoms with Crippen molar-refractivity contribution >= 4 is 0 Å². The molecule has 2 atom stereocenters. The van der Waals surface area contributed by atoms with E-state index >= 15 is 0 Å². The van der Waals surface area contributed by atoms with Gasteiger partial charge in [-0.15, -0.1) is 0 Å². The van der Waals surface area contributed by atoms with E-state index in [2.05, 4.69) is 24.1 Å². The molecule has 1 saturated carbocycles. The molecule has 0 bridgehead atoms. The molecule has 2 nitrogen and oxygen atoms in total. The zero-order valence-electron chi connectivity index (χ0n) is 8.64. The Bertz CT molecular complexity index is 121. The molecule has 0 aromatic heterocycles. The van der Waals surface area contributed by atoms with E-state index in [-0.39, 0.29) is 0 Å². The Morgan fingerprint density at radius 1 is 1.25 bits per heavy atom. The summed E-state index contributed by atoms with van der Waals surface area (Å²) < 4.78 is 0. The molecule has 2 heteroatoms. The standard InChI is InChI=1S/C10H22N2/c1-4-12(5-2)8-10-6-9(10)7-11-3/h9-11H,4-8H2,1-3H3/t9-,10+/m0/s1. The van der Waals surface area contributed by atoms with E-state index in [1.807, 2.05) is 7.05 Å². The highest BCUT2D eigenvalue weighted by Gasteiger charge is 2.36. The lowest BCUT2D eigenvalue weighted by molar-refractivity contribution is 0.285. The number of nitrogens with one attached hydrogen (secondary N) is 1. The number of hydrogen-bond acceptors (Lipinski definition) is 2. The first kappa shape index (κ1) is 10.0. The predicted octanol–water partition coefficient (Wildman–Crippen LogP) is 1.18. The number of hydrogen-bond donors (Lipinski definition) is 1. The van der Waals surface area contributed by atoms with Gasteiger partial charge >= 0.3 is 0 Å². The van der Waals surface area contributed by atoms with Gasteiger partial charge in [-0.1, -0.05) is 13.8 Å². The van der Waals surface area contributed by atoms with Crippen LogP contribution in [-0.2, 0) is 0 Å². The predicted molar refractivity (Wildman–Crippen MR) is 53.3 cm³/mol. The Kier molecular flexibility index (Phi) is 4.02. The van der Waals surface area contributed by atoms with Crippen LogP contribution in [0.3, 0.4) is 0 Å². The smallest absolute Gasteiger partial charge is 0.00127 e. The minimum atomic E-state index is 0.968. The summed E-state index contributed by atoms with van der Waals surface area (Å²) in [6, 6.07) is 0. The van der Waals surface area contributed by atoms with Crippen molar-refractivity contribution < 1.29 is 0 Å². The van der Waals surface area contributed by atoms with E-state index in [4.69, 9.17) is 0 Å². The number of nitrogens with zero attached hydrogens (tertiary/aromatic N) is 1. The summed E-state index contributed by atoms with van der Waals surface area (Å²) in [6.07, 6.45) is 1.44. The van der Waals surface area contributed by atoms with Gasteiger partial charge in [-0.3, -0.25) is 0 Å². The van der Waals surface area contributed by atoms with Crippen molar-refractivity contribution in [2.24, 2.45) is 11.8 Å². The van der Waals surface area contributed by atoms with Crippen LogP contribution in [0.4, 0.5) is 0 Å². The van der Waals surface area contributed by atoms with Crippen molar-refractivity contribution in [3.8, 4) is 0 Å². The molecule has 1 rings (SSSR count). The van der Waals surface area contributed by atoms with Crippen molar-refractivity contribution in [3.63, 3.8) is 0 Å². The highest BCUT2D eigenvalue weighted by atomic mass is 15.1. The zero-order chi connectivity index (χ0) is 8.97. The van der Waals surface area contributed by atoms with Gasteiger partial charge in [-0.2, -0.15) is 0 Å². The normalized spacial score (nSPS) is 28.0. The van der Waals surface area contributed by atoms with Gasteiger partial charge in [0.2, 0.25) is 0 Å². The first-order valence-electron chi connectivity index (χ1n) is 5.18. The second-order valence-corrected chi connectivity index (χ2v) is 3.80. The zero-order valence-corrected chi connectivity index (χ0v) is 8.64. The minimum Gasteiger partial charge on any atom is -0.319 e. The van der Waals surface area contributed by atoms with Gasteiger partial charge in [0.1, 0.15) is 0 Å². The molecule has 0 heterocycles. The van der Waals surface area contributed by atoms with Crippen LogP contribution in [0.25, 0.3) is 0 Å². The summed E-state index contributed by atoms with van der Waals surface area (Å²) in [7, 11) is 2.05. The first-order chi connectivity index (χ1) is 5.81. The van der Waals surface area contributed by atoms with Crippen molar-refractivity contribution in [2.45, 2.75) is 20.3 Å². The van der Waals surface area contributed by atoms with E-state index in [1.54, 1.807) is 0 Å². The third-order valence-electron chi connectivity index (χ3n) is 2.92. The maximum Gasteiger partial charge on any atom is 0.00127 e. The van der Waals surface area contributed by atoms with Crippen LogP contribution in [0.2, 0.25) is 0 Å². The maximum absolute atomic E-state index is 3.25. The topological polar surface area (TPSA) is 15.3 Å². The average molecular weight is 170 g/mol.